The van der Waals surface area contributed by atoms with Crippen molar-refractivity contribution in [1.29, 1.82) is 0 Å². The first kappa shape index (κ1) is 26.5. The molecule has 2 aliphatic rings. The fourth-order valence-electron chi connectivity index (χ4n) is 4.90. The molecule has 1 amide bonds. The van der Waals surface area contributed by atoms with Crippen molar-refractivity contribution in [3.63, 3.8) is 0 Å². The van der Waals surface area contributed by atoms with Crippen molar-refractivity contribution in [3.05, 3.63) is 58.7 Å². The van der Waals surface area contributed by atoms with Gasteiger partial charge in [0.25, 0.3) is 11.7 Å². The monoisotopic (exact) mass is 510 g/mol. The van der Waals surface area contributed by atoms with E-state index in [0.717, 1.165) is 25.2 Å². The number of morpholine rings is 1. The fourth-order valence-corrected chi connectivity index (χ4v) is 4.90. The van der Waals surface area contributed by atoms with Gasteiger partial charge < -0.3 is 29.3 Å². The quantitative estimate of drug-likeness (QED) is 0.301. The third-order valence-corrected chi connectivity index (χ3v) is 6.78. The topological polar surface area (TPSA) is 109 Å². The summed E-state index contributed by atoms with van der Waals surface area (Å²) < 4.78 is 16.3. The smallest absolute Gasteiger partial charge is 0.295 e. The summed E-state index contributed by atoms with van der Waals surface area (Å²) in [6.07, 6.45) is 0.654. The van der Waals surface area contributed by atoms with E-state index in [2.05, 4.69) is 4.90 Å². The number of ketones is 1. The average molecular weight is 511 g/mol. The summed E-state index contributed by atoms with van der Waals surface area (Å²) in [5, 5.41) is 21.6. The summed E-state index contributed by atoms with van der Waals surface area (Å²) in [6.45, 7) is 8.08. The molecule has 198 valence electrons. The molecule has 1 unspecified atom stereocenters. The molecule has 2 saturated heterocycles. The molecule has 2 aromatic carbocycles. The molecule has 0 aliphatic carbocycles. The van der Waals surface area contributed by atoms with Crippen molar-refractivity contribution in [2.45, 2.75) is 26.3 Å². The van der Waals surface area contributed by atoms with Crippen LogP contribution in [0.4, 0.5) is 0 Å². The number of nitrogens with zero attached hydrogens (tertiary/aromatic N) is 2. The normalized spacial score (nSPS) is 19.9. The van der Waals surface area contributed by atoms with E-state index in [-0.39, 0.29) is 22.8 Å². The Morgan fingerprint density at radius 3 is 2.51 bits per heavy atom. The van der Waals surface area contributed by atoms with Crippen LogP contribution >= 0.6 is 0 Å². The van der Waals surface area contributed by atoms with Crippen LogP contribution < -0.4 is 9.47 Å². The van der Waals surface area contributed by atoms with Gasteiger partial charge in [-0.3, -0.25) is 14.5 Å². The van der Waals surface area contributed by atoms with Crippen LogP contribution in [0.15, 0.2) is 42.0 Å². The van der Waals surface area contributed by atoms with Gasteiger partial charge in [-0.1, -0.05) is 6.07 Å². The number of hydrogen-bond donors (Lipinski definition) is 2. The second kappa shape index (κ2) is 11.7. The lowest BCUT2D eigenvalue weighted by Crippen LogP contribution is -2.38. The maximum absolute atomic E-state index is 13.3. The Kier molecular flexibility index (Phi) is 8.35. The van der Waals surface area contributed by atoms with Crippen LogP contribution in [0.2, 0.25) is 0 Å². The molecule has 37 heavy (non-hydrogen) atoms. The van der Waals surface area contributed by atoms with Gasteiger partial charge in [0.1, 0.15) is 11.5 Å². The Balaban J connectivity index is 1.73. The predicted molar refractivity (Wildman–Crippen MR) is 138 cm³/mol. The highest BCUT2D eigenvalue weighted by atomic mass is 16.5. The molecule has 9 heteroatoms. The third kappa shape index (κ3) is 5.57. The highest BCUT2D eigenvalue weighted by molar-refractivity contribution is 6.46. The van der Waals surface area contributed by atoms with Crippen molar-refractivity contribution in [1.82, 2.24) is 9.80 Å². The number of aliphatic hydroxyl groups is 1. The number of hydrogen-bond acceptors (Lipinski definition) is 8. The number of methoxy groups -OCH3 is 1. The van der Waals surface area contributed by atoms with Crippen LogP contribution in [-0.2, 0) is 14.3 Å². The lowest BCUT2D eigenvalue weighted by Gasteiger charge is -2.29. The van der Waals surface area contributed by atoms with E-state index < -0.39 is 17.7 Å². The standard InChI is InChI=1S/C28H34N2O7/c1-4-37-23-17-19(6-8-21(23)31)25-24(26(32)20-7-9-22(35-3)18(2)16-20)27(33)28(34)30(25)11-5-10-29-12-14-36-15-13-29/h6-9,16-17,25,31-32H,4-5,10-15H2,1-3H3/b26-24+. The minimum atomic E-state index is -0.827. The van der Waals surface area contributed by atoms with Crippen LogP contribution in [0.5, 0.6) is 17.2 Å². The van der Waals surface area contributed by atoms with Gasteiger partial charge in [0.15, 0.2) is 11.5 Å². The van der Waals surface area contributed by atoms with E-state index in [1.807, 2.05) is 6.92 Å². The van der Waals surface area contributed by atoms with E-state index in [0.29, 0.717) is 49.7 Å². The van der Waals surface area contributed by atoms with Gasteiger partial charge in [-0.25, -0.2) is 0 Å². The molecule has 2 N–H and O–H groups in total. The maximum Gasteiger partial charge on any atom is 0.295 e. The summed E-state index contributed by atoms with van der Waals surface area (Å²) in [6, 6.07) is 9.02. The number of carbonyl (C=O) groups excluding carboxylic acids is 2. The number of ether oxygens (including phenoxy) is 3. The number of carbonyl (C=O) groups is 2. The Labute approximate surface area is 216 Å². The summed E-state index contributed by atoms with van der Waals surface area (Å²) in [7, 11) is 1.56. The van der Waals surface area contributed by atoms with Gasteiger partial charge >= 0.3 is 0 Å². The van der Waals surface area contributed by atoms with Crippen LogP contribution in [0.25, 0.3) is 5.76 Å². The molecule has 4 rings (SSSR count). The number of aliphatic hydroxyl groups excluding tert-OH is 1. The Morgan fingerprint density at radius 2 is 1.84 bits per heavy atom. The van der Waals surface area contributed by atoms with Gasteiger partial charge in [-0.2, -0.15) is 0 Å². The predicted octanol–water partition coefficient (Wildman–Crippen LogP) is 3.25. The number of Topliss-reactive ketones (excluding diaryl/α,β-unsaturated/α-hetero) is 1. The van der Waals surface area contributed by atoms with Crippen LogP contribution in [-0.4, -0.2) is 84.8 Å². The summed E-state index contributed by atoms with van der Waals surface area (Å²) >= 11 is 0. The van der Waals surface area contributed by atoms with Crippen molar-refractivity contribution >= 4 is 17.4 Å². The zero-order chi connectivity index (χ0) is 26.5. The second-order valence-electron chi connectivity index (χ2n) is 9.14. The van der Waals surface area contributed by atoms with E-state index in [4.69, 9.17) is 14.2 Å². The molecule has 2 heterocycles. The van der Waals surface area contributed by atoms with Crippen molar-refractivity contribution in [2.24, 2.45) is 0 Å². The molecular weight excluding hydrogens is 476 g/mol. The zero-order valence-corrected chi connectivity index (χ0v) is 21.5. The first-order chi connectivity index (χ1) is 17.8. The largest absolute Gasteiger partial charge is 0.507 e. The Hall–Kier alpha value is -3.56. The molecule has 2 fully saturated rings. The lowest BCUT2D eigenvalue weighted by molar-refractivity contribution is -0.140. The zero-order valence-electron chi connectivity index (χ0n) is 21.5. The summed E-state index contributed by atoms with van der Waals surface area (Å²) in [5.41, 5.74) is 1.78. The van der Waals surface area contributed by atoms with E-state index in [1.165, 1.54) is 11.0 Å². The Morgan fingerprint density at radius 1 is 1.08 bits per heavy atom. The van der Waals surface area contributed by atoms with Crippen molar-refractivity contribution < 1.29 is 34.0 Å². The van der Waals surface area contributed by atoms with Crippen LogP contribution in [0, 0.1) is 6.92 Å². The lowest BCUT2D eigenvalue weighted by atomic mass is 9.94. The van der Waals surface area contributed by atoms with Crippen LogP contribution in [0.3, 0.4) is 0 Å². The SMILES string of the molecule is CCOc1cc(C2/C(=C(\O)c3ccc(OC)c(C)c3)C(=O)C(=O)N2CCCN2CCOCC2)ccc1O. The van der Waals surface area contributed by atoms with E-state index >= 15 is 0 Å². The molecule has 2 aliphatic heterocycles. The number of phenols is 1. The molecule has 0 saturated carbocycles. The number of phenolic OH excluding ortho intramolecular Hbond substituents is 1. The maximum atomic E-state index is 13.3. The number of aryl methyl sites for hydroxylation is 1. The molecule has 0 spiro atoms. The number of amides is 1. The van der Waals surface area contributed by atoms with Gasteiger partial charge in [0, 0.05) is 31.7 Å². The molecule has 9 nitrogen and oxygen atoms in total. The molecular formula is C28H34N2O7. The first-order valence-corrected chi connectivity index (χ1v) is 12.5. The number of benzene rings is 2. The average Bonchev–Trinajstić information content (AvgIpc) is 3.15. The molecule has 0 radical (unpaired) electrons. The molecule has 1 atom stereocenters. The Bertz CT molecular complexity index is 1190. The number of aromatic hydroxyl groups is 1. The fraction of sp³-hybridized carbons (Fsp3) is 0.429. The highest BCUT2D eigenvalue weighted by Gasteiger charge is 2.46. The van der Waals surface area contributed by atoms with Crippen LogP contribution in [0.1, 0.15) is 36.1 Å². The third-order valence-electron chi connectivity index (χ3n) is 6.78. The molecule has 2 aromatic rings. The second-order valence-corrected chi connectivity index (χ2v) is 9.14. The van der Waals surface area contributed by atoms with Crippen molar-refractivity contribution in [3.8, 4) is 17.2 Å². The highest BCUT2D eigenvalue weighted by Crippen LogP contribution is 2.42. The molecule has 0 bridgehead atoms. The minimum Gasteiger partial charge on any atom is -0.507 e. The van der Waals surface area contributed by atoms with E-state index in [1.54, 1.807) is 44.4 Å². The molecule has 0 aromatic heterocycles. The number of rotatable bonds is 9. The first-order valence-electron chi connectivity index (χ1n) is 12.5. The van der Waals surface area contributed by atoms with Gasteiger partial charge in [0.2, 0.25) is 0 Å². The van der Waals surface area contributed by atoms with E-state index in [9.17, 15) is 19.8 Å². The minimum absolute atomic E-state index is 0.00841. The van der Waals surface area contributed by atoms with Crippen molar-refractivity contribution in [2.75, 3.05) is 53.1 Å². The number of likely N-dealkylation sites (tertiary alicyclic amines) is 1. The van der Waals surface area contributed by atoms with Gasteiger partial charge in [-0.05, 0) is 61.7 Å². The summed E-state index contributed by atoms with van der Waals surface area (Å²) in [4.78, 5) is 30.4. The van der Waals surface area contributed by atoms with Gasteiger partial charge in [-0.15, -0.1) is 0 Å². The van der Waals surface area contributed by atoms with Gasteiger partial charge in [0.05, 0.1) is 38.5 Å². The summed E-state index contributed by atoms with van der Waals surface area (Å²) in [5.74, 6) is -0.801.